The molecule has 2 heterocycles. The molecule has 0 spiro atoms. The van der Waals surface area contributed by atoms with E-state index >= 15 is 0 Å². The van der Waals surface area contributed by atoms with Crippen LogP contribution in [0.25, 0.3) is 0 Å². The van der Waals surface area contributed by atoms with Gasteiger partial charge in [0.25, 0.3) is 0 Å². The van der Waals surface area contributed by atoms with Gasteiger partial charge in [0.05, 0.1) is 12.2 Å². The second-order valence-electron chi connectivity index (χ2n) is 4.46. The SMILES string of the molecule is CN1CCCN(Cc2cc(N)ccn2)CC1=O. The number of aromatic nitrogens is 1. The third kappa shape index (κ3) is 3.17. The smallest absolute Gasteiger partial charge is 0.236 e. The first-order valence-electron chi connectivity index (χ1n) is 5.82. The highest BCUT2D eigenvalue weighted by molar-refractivity contribution is 5.78. The molecule has 0 radical (unpaired) electrons. The number of amides is 1. The van der Waals surface area contributed by atoms with Crippen molar-refractivity contribution in [1.29, 1.82) is 0 Å². The third-order valence-electron chi connectivity index (χ3n) is 2.98. The van der Waals surface area contributed by atoms with Gasteiger partial charge in [-0.05, 0) is 18.6 Å². The van der Waals surface area contributed by atoms with Gasteiger partial charge in [0.2, 0.25) is 5.91 Å². The predicted octanol–water partition coefficient (Wildman–Crippen LogP) is 0.328. The zero-order chi connectivity index (χ0) is 12.3. The Hall–Kier alpha value is -1.62. The van der Waals surface area contributed by atoms with Crippen LogP contribution in [0, 0.1) is 0 Å². The van der Waals surface area contributed by atoms with E-state index in [1.807, 2.05) is 13.1 Å². The Morgan fingerprint density at radius 2 is 2.29 bits per heavy atom. The monoisotopic (exact) mass is 234 g/mol. The summed E-state index contributed by atoms with van der Waals surface area (Å²) in [5.74, 6) is 0.173. The Balaban J connectivity index is 2.01. The minimum absolute atomic E-state index is 0.173. The number of nitrogen functional groups attached to an aromatic ring is 1. The van der Waals surface area contributed by atoms with Crippen molar-refractivity contribution in [3.8, 4) is 0 Å². The second-order valence-corrected chi connectivity index (χ2v) is 4.46. The number of nitrogens with two attached hydrogens (primary N) is 1. The molecule has 2 N–H and O–H groups in total. The molecule has 0 bridgehead atoms. The molecular weight excluding hydrogens is 216 g/mol. The van der Waals surface area contributed by atoms with Crippen LogP contribution in [0.1, 0.15) is 12.1 Å². The van der Waals surface area contributed by atoms with Crippen molar-refractivity contribution in [2.45, 2.75) is 13.0 Å². The number of hydrogen-bond donors (Lipinski definition) is 1. The molecule has 0 saturated carbocycles. The minimum atomic E-state index is 0.173. The van der Waals surface area contributed by atoms with Crippen LogP contribution in [-0.4, -0.2) is 47.4 Å². The van der Waals surface area contributed by atoms with Crippen LogP contribution in [0.5, 0.6) is 0 Å². The van der Waals surface area contributed by atoms with Gasteiger partial charge in [-0.15, -0.1) is 0 Å². The molecule has 0 unspecified atom stereocenters. The molecule has 0 aromatic carbocycles. The number of pyridine rings is 1. The molecule has 5 heteroatoms. The van der Waals surface area contributed by atoms with E-state index in [4.69, 9.17) is 5.73 Å². The summed E-state index contributed by atoms with van der Waals surface area (Å²) in [6.07, 6.45) is 2.71. The van der Waals surface area contributed by atoms with Crippen LogP contribution >= 0.6 is 0 Å². The Morgan fingerprint density at radius 3 is 3.06 bits per heavy atom. The fourth-order valence-corrected chi connectivity index (χ4v) is 1.99. The predicted molar refractivity (Wildman–Crippen MR) is 66.2 cm³/mol. The number of nitrogens with zero attached hydrogens (tertiary/aromatic N) is 3. The number of anilines is 1. The fourth-order valence-electron chi connectivity index (χ4n) is 1.99. The Morgan fingerprint density at radius 1 is 1.47 bits per heavy atom. The van der Waals surface area contributed by atoms with Crippen molar-refractivity contribution in [2.75, 3.05) is 32.4 Å². The molecule has 1 aromatic rings. The van der Waals surface area contributed by atoms with Gasteiger partial charge in [0.15, 0.2) is 0 Å². The summed E-state index contributed by atoms with van der Waals surface area (Å²) in [7, 11) is 1.85. The highest BCUT2D eigenvalue weighted by Crippen LogP contribution is 2.09. The van der Waals surface area contributed by atoms with Crippen molar-refractivity contribution in [1.82, 2.24) is 14.8 Å². The van der Waals surface area contributed by atoms with Crippen LogP contribution < -0.4 is 5.73 Å². The number of likely N-dealkylation sites (N-methyl/N-ethyl adjacent to an activating group) is 1. The van der Waals surface area contributed by atoms with E-state index in [2.05, 4.69) is 9.88 Å². The molecule has 2 rings (SSSR count). The van der Waals surface area contributed by atoms with Gasteiger partial charge in [-0.2, -0.15) is 0 Å². The van der Waals surface area contributed by atoms with Gasteiger partial charge in [-0.3, -0.25) is 14.7 Å². The molecule has 1 aliphatic heterocycles. The molecule has 0 atom stereocenters. The van der Waals surface area contributed by atoms with E-state index in [9.17, 15) is 4.79 Å². The van der Waals surface area contributed by atoms with Gasteiger partial charge < -0.3 is 10.6 Å². The minimum Gasteiger partial charge on any atom is -0.399 e. The Kier molecular flexibility index (Phi) is 3.58. The lowest BCUT2D eigenvalue weighted by Gasteiger charge is -2.18. The largest absolute Gasteiger partial charge is 0.399 e. The van der Waals surface area contributed by atoms with E-state index in [0.717, 1.165) is 25.2 Å². The van der Waals surface area contributed by atoms with E-state index in [1.54, 1.807) is 17.2 Å². The molecule has 92 valence electrons. The van der Waals surface area contributed by atoms with E-state index < -0.39 is 0 Å². The lowest BCUT2D eigenvalue weighted by molar-refractivity contribution is -0.130. The first-order valence-corrected chi connectivity index (χ1v) is 5.82. The van der Waals surface area contributed by atoms with Crippen LogP contribution in [0.15, 0.2) is 18.3 Å². The number of rotatable bonds is 2. The second kappa shape index (κ2) is 5.14. The van der Waals surface area contributed by atoms with Crippen molar-refractivity contribution in [3.05, 3.63) is 24.0 Å². The molecule has 1 aromatic heterocycles. The zero-order valence-corrected chi connectivity index (χ0v) is 10.1. The number of carbonyl (C=O) groups is 1. The highest BCUT2D eigenvalue weighted by Gasteiger charge is 2.18. The van der Waals surface area contributed by atoms with Gasteiger partial charge in [0, 0.05) is 38.6 Å². The maximum atomic E-state index is 11.7. The molecule has 1 amide bonds. The molecule has 1 aliphatic rings. The quantitative estimate of drug-likeness (QED) is 0.801. The third-order valence-corrected chi connectivity index (χ3v) is 2.98. The summed E-state index contributed by atoms with van der Waals surface area (Å²) in [5.41, 5.74) is 7.35. The summed E-state index contributed by atoms with van der Waals surface area (Å²) in [5, 5.41) is 0. The summed E-state index contributed by atoms with van der Waals surface area (Å²) in [6.45, 7) is 2.91. The average molecular weight is 234 g/mol. The summed E-state index contributed by atoms with van der Waals surface area (Å²) >= 11 is 0. The molecular formula is C12H18N4O. The summed E-state index contributed by atoms with van der Waals surface area (Å²) in [4.78, 5) is 19.9. The van der Waals surface area contributed by atoms with Crippen LogP contribution in [0.4, 0.5) is 5.69 Å². The lowest BCUT2D eigenvalue weighted by Crippen LogP contribution is -2.34. The van der Waals surface area contributed by atoms with E-state index in [0.29, 0.717) is 18.8 Å². The average Bonchev–Trinajstić information content (AvgIpc) is 2.42. The standard InChI is InChI=1S/C12H18N4O/c1-15-5-2-6-16(9-12(15)17)8-11-7-10(13)3-4-14-11/h3-4,7H,2,5-6,8-9H2,1H3,(H2,13,14). The van der Waals surface area contributed by atoms with Crippen molar-refractivity contribution < 1.29 is 4.79 Å². The van der Waals surface area contributed by atoms with Crippen molar-refractivity contribution in [2.24, 2.45) is 0 Å². The topological polar surface area (TPSA) is 62.5 Å². The summed E-state index contributed by atoms with van der Waals surface area (Å²) < 4.78 is 0. The fraction of sp³-hybridized carbons (Fsp3) is 0.500. The highest BCUT2D eigenvalue weighted by atomic mass is 16.2. The molecule has 0 aliphatic carbocycles. The molecule has 1 saturated heterocycles. The maximum Gasteiger partial charge on any atom is 0.236 e. The molecule has 1 fully saturated rings. The first kappa shape index (κ1) is 11.9. The Bertz CT molecular complexity index is 407. The zero-order valence-electron chi connectivity index (χ0n) is 10.1. The Labute approximate surface area is 101 Å². The van der Waals surface area contributed by atoms with Crippen LogP contribution in [0.2, 0.25) is 0 Å². The summed E-state index contributed by atoms with van der Waals surface area (Å²) in [6, 6.07) is 3.63. The van der Waals surface area contributed by atoms with Gasteiger partial charge >= 0.3 is 0 Å². The lowest BCUT2D eigenvalue weighted by atomic mass is 10.3. The van der Waals surface area contributed by atoms with Gasteiger partial charge in [-0.1, -0.05) is 0 Å². The normalized spacial score (nSPS) is 18.2. The van der Waals surface area contributed by atoms with Crippen molar-refractivity contribution >= 4 is 11.6 Å². The first-order chi connectivity index (χ1) is 8.15. The maximum absolute atomic E-state index is 11.7. The van der Waals surface area contributed by atoms with Crippen LogP contribution in [0.3, 0.4) is 0 Å². The molecule has 17 heavy (non-hydrogen) atoms. The number of hydrogen-bond acceptors (Lipinski definition) is 4. The number of carbonyl (C=O) groups excluding carboxylic acids is 1. The van der Waals surface area contributed by atoms with E-state index in [1.165, 1.54) is 0 Å². The van der Waals surface area contributed by atoms with Crippen LogP contribution in [-0.2, 0) is 11.3 Å². The van der Waals surface area contributed by atoms with Crippen molar-refractivity contribution in [3.63, 3.8) is 0 Å². The van der Waals surface area contributed by atoms with Gasteiger partial charge in [-0.25, -0.2) is 0 Å². The van der Waals surface area contributed by atoms with Gasteiger partial charge in [0.1, 0.15) is 0 Å². The van der Waals surface area contributed by atoms with E-state index in [-0.39, 0.29) is 5.91 Å². The molecule has 5 nitrogen and oxygen atoms in total.